The predicted molar refractivity (Wildman–Crippen MR) is 53.2 cm³/mol. The minimum Gasteiger partial charge on any atom is -0.337 e. The highest BCUT2D eigenvalue weighted by Gasteiger charge is 2.37. The van der Waals surface area contributed by atoms with Gasteiger partial charge in [0, 0.05) is 24.4 Å². The van der Waals surface area contributed by atoms with Gasteiger partial charge in [0.15, 0.2) is 0 Å². The molecule has 0 bridgehead atoms. The van der Waals surface area contributed by atoms with Crippen LogP contribution in [-0.2, 0) is 4.79 Å². The van der Waals surface area contributed by atoms with E-state index in [0.717, 1.165) is 6.42 Å². The third kappa shape index (κ3) is 1.85. The summed E-state index contributed by atoms with van der Waals surface area (Å²) in [4.78, 5) is 13.6. The maximum atomic E-state index is 11.6. The van der Waals surface area contributed by atoms with Crippen molar-refractivity contribution >= 4 is 5.91 Å². The summed E-state index contributed by atoms with van der Waals surface area (Å²) in [6.45, 7) is 6.95. The summed E-state index contributed by atoms with van der Waals surface area (Å²) in [5.74, 6) is 0.638. The highest BCUT2D eigenvalue weighted by molar-refractivity contribution is 5.79. The molecule has 1 heterocycles. The maximum absolute atomic E-state index is 11.6. The molecule has 76 valence electrons. The molecule has 0 aromatic rings. The second-order valence-corrected chi connectivity index (χ2v) is 4.00. The standard InChI is InChI=1S/C10H20N2O/c1-4-7(2)12-8(3)9(6-11)5-10(12)13/h7-9H,4-6,11H2,1-3H3. The molecule has 3 atom stereocenters. The summed E-state index contributed by atoms with van der Waals surface area (Å²) in [6.07, 6.45) is 1.66. The zero-order chi connectivity index (χ0) is 10.0. The van der Waals surface area contributed by atoms with E-state index in [0.29, 0.717) is 31.0 Å². The normalized spacial score (nSPS) is 31.1. The average molecular weight is 184 g/mol. The molecule has 0 spiro atoms. The smallest absolute Gasteiger partial charge is 0.223 e. The van der Waals surface area contributed by atoms with Crippen LogP contribution in [0.2, 0.25) is 0 Å². The van der Waals surface area contributed by atoms with Crippen molar-refractivity contribution in [2.45, 2.75) is 45.7 Å². The van der Waals surface area contributed by atoms with Gasteiger partial charge in [-0.1, -0.05) is 6.92 Å². The second-order valence-electron chi connectivity index (χ2n) is 4.00. The van der Waals surface area contributed by atoms with Gasteiger partial charge in [-0.15, -0.1) is 0 Å². The summed E-state index contributed by atoms with van der Waals surface area (Å²) < 4.78 is 0. The van der Waals surface area contributed by atoms with Crippen LogP contribution in [0.1, 0.15) is 33.6 Å². The van der Waals surface area contributed by atoms with E-state index in [4.69, 9.17) is 5.73 Å². The van der Waals surface area contributed by atoms with Crippen molar-refractivity contribution in [3.63, 3.8) is 0 Å². The second kappa shape index (κ2) is 4.09. The van der Waals surface area contributed by atoms with Crippen molar-refractivity contribution in [1.82, 2.24) is 4.90 Å². The van der Waals surface area contributed by atoms with Gasteiger partial charge in [-0.25, -0.2) is 0 Å². The van der Waals surface area contributed by atoms with E-state index < -0.39 is 0 Å². The Morgan fingerprint density at radius 2 is 2.31 bits per heavy atom. The molecule has 0 saturated carbocycles. The molecule has 2 N–H and O–H groups in total. The SMILES string of the molecule is CCC(C)N1C(=O)CC(CN)C1C. The van der Waals surface area contributed by atoms with Crippen LogP contribution >= 0.6 is 0 Å². The van der Waals surface area contributed by atoms with Gasteiger partial charge in [-0.3, -0.25) is 4.79 Å². The Labute approximate surface area is 80.3 Å². The number of hydrogen-bond donors (Lipinski definition) is 1. The molecule has 3 heteroatoms. The Bertz CT molecular complexity index is 193. The molecule has 0 aromatic heterocycles. The molecule has 3 nitrogen and oxygen atoms in total. The Morgan fingerprint density at radius 1 is 1.69 bits per heavy atom. The van der Waals surface area contributed by atoms with Gasteiger partial charge in [-0.05, 0) is 26.8 Å². The van der Waals surface area contributed by atoms with Crippen LogP contribution in [0.4, 0.5) is 0 Å². The quantitative estimate of drug-likeness (QED) is 0.710. The largest absolute Gasteiger partial charge is 0.337 e. The lowest BCUT2D eigenvalue weighted by atomic mass is 10.0. The molecule has 3 unspecified atom stereocenters. The predicted octanol–water partition coefficient (Wildman–Crippen LogP) is 0.981. The molecule has 0 aromatic carbocycles. The lowest BCUT2D eigenvalue weighted by Gasteiger charge is -2.29. The highest BCUT2D eigenvalue weighted by atomic mass is 16.2. The van der Waals surface area contributed by atoms with E-state index in [-0.39, 0.29) is 5.91 Å². The molecule has 1 fully saturated rings. The molecule has 1 aliphatic heterocycles. The molecule has 1 rings (SSSR count). The van der Waals surface area contributed by atoms with Crippen LogP contribution in [0.25, 0.3) is 0 Å². The van der Waals surface area contributed by atoms with Crippen LogP contribution in [-0.4, -0.2) is 29.4 Å². The van der Waals surface area contributed by atoms with Crippen LogP contribution in [0.15, 0.2) is 0 Å². The molecule has 0 aliphatic carbocycles. The average Bonchev–Trinajstić information content (AvgIpc) is 2.40. The number of nitrogens with zero attached hydrogens (tertiary/aromatic N) is 1. The minimum atomic E-state index is 0.275. The lowest BCUT2D eigenvalue weighted by molar-refractivity contribution is -0.130. The van der Waals surface area contributed by atoms with Crippen molar-refractivity contribution < 1.29 is 4.79 Å². The fourth-order valence-corrected chi connectivity index (χ4v) is 2.08. The zero-order valence-corrected chi connectivity index (χ0v) is 8.79. The van der Waals surface area contributed by atoms with Crippen LogP contribution in [0, 0.1) is 5.92 Å². The maximum Gasteiger partial charge on any atom is 0.223 e. The summed E-state index contributed by atoms with van der Waals surface area (Å²) >= 11 is 0. The van der Waals surface area contributed by atoms with Crippen LogP contribution in [0.3, 0.4) is 0 Å². The first kappa shape index (κ1) is 10.5. The van der Waals surface area contributed by atoms with Gasteiger partial charge in [-0.2, -0.15) is 0 Å². The first-order chi connectivity index (χ1) is 6.11. The molecular weight excluding hydrogens is 164 g/mol. The Kier molecular flexibility index (Phi) is 3.31. The highest BCUT2D eigenvalue weighted by Crippen LogP contribution is 2.27. The van der Waals surface area contributed by atoms with E-state index in [1.54, 1.807) is 0 Å². The first-order valence-corrected chi connectivity index (χ1v) is 5.13. The van der Waals surface area contributed by atoms with Gasteiger partial charge >= 0.3 is 0 Å². The number of amides is 1. The van der Waals surface area contributed by atoms with Crippen molar-refractivity contribution in [2.24, 2.45) is 11.7 Å². The summed E-state index contributed by atoms with van der Waals surface area (Å²) in [5, 5.41) is 0. The third-order valence-corrected chi connectivity index (χ3v) is 3.21. The molecule has 1 saturated heterocycles. The molecule has 1 amide bonds. The first-order valence-electron chi connectivity index (χ1n) is 5.13. The number of carbonyl (C=O) groups excluding carboxylic acids is 1. The molecule has 1 aliphatic rings. The molecule has 13 heavy (non-hydrogen) atoms. The summed E-state index contributed by atoms with van der Waals surface area (Å²) in [7, 11) is 0. The molecule has 0 radical (unpaired) electrons. The van der Waals surface area contributed by atoms with E-state index in [1.165, 1.54) is 0 Å². The van der Waals surface area contributed by atoms with Gasteiger partial charge in [0.2, 0.25) is 5.91 Å². The number of hydrogen-bond acceptors (Lipinski definition) is 2. The van der Waals surface area contributed by atoms with Crippen molar-refractivity contribution in [1.29, 1.82) is 0 Å². The number of carbonyl (C=O) groups is 1. The van der Waals surface area contributed by atoms with Crippen molar-refractivity contribution in [3.05, 3.63) is 0 Å². The minimum absolute atomic E-state index is 0.275. The van der Waals surface area contributed by atoms with Crippen molar-refractivity contribution in [2.75, 3.05) is 6.54 Å². The fraction of sp³-hybridized carbons (Fsp3) is 0.900. The van der Waals surface area contributed by atoms with Crippen molar-refractivity contribution in [3.8, 4) is 0 Å². The summed E-state index contributed by atoms with van der Waals surface area (Å²) in [6, 6.07) is 0.687. The molecular formula is C10H20N2O. The van der Waals surface area contributed by atoms with E-state index >= 15 is 0 Å². The number of nitrogens with two attached hydrogens (primary N) is 1. The Morgan fingerprint density at radius 3 is 2.69 bits per heavy atom. The Balaban J connectivity index is 2.69. The number of rotatable bonds is 3. The van der Waals surface area contributed by atoms with Gasteiger partial charge in [0.05, 0.1) is 0 Å². The summed E-state index contributed by atoms with van der Waals surface area (Å²) in [5.41, 5.74) is 5.61. The monoisotopic (exact) mass is 184 g/mol. The fourth-order valence-electron chi connectivity index (χ4n) is 2.08. The third-order valence-electron chi connectivity index (χ3n) is 3.21. The van der Waals surface area contributed by atoms with Crippen LogP contribution in [0.5, 0.6) is 0 Å². The lowest BCUT2D eigenvalue weighted by Crippen LogP contribution is -2.40. The van der Waals surface area contributed by atoms with Gasteiger partial charge in [0.25, 0.3) is 0 Å². The van der Waals surface area contributed by atoms with E-state index in [2.05, 4.69) is 20.8 Å². The van der Waals surface area contributed by atoms with Crippen LogP contribution < -0.4 is 5.73 Å². The van der Waals surface area contributed by atoms with E-state index in [9.17, 15) is 4.79 Å². The van der Waals surface area contributed by atoms with Gasteiger partial charge < -0.3 is 10.6 Å². The number of likely N-dealkylation sites (tertiary alicyclic amines) is 1. The Hall–Kier alpha value is -0.570. The topological polar surface area (TPSA) is 46.3 Å². The zero-order valence-electron chi connectivity index (χ0n) is 8.79. The van der Waals surface area contributed by atoms with E-state index in [1.807, 2.05) is 4.90 Å². The van der Waals surface area contributed by atoms with Gasteiger partial charge in [0.1, 0.15) is 0 Å².